The molecule has 3 fully saturated rings. The summed E-state index contributed by atoms with van der Waals surface area (Å²) in [6, 6.07) is 8.62. The molecule has 198 valence electrons. The molecule has 0 aliphatic carbocycles. The third kappa shape index (κ3) is 4.67. The smallest absolute Gasteiger partial charge is 0.244 e. The number of aliphatic hydroxyl groups is 1. The molecule has 1 spiro atoms. The molecule has 1 aromatic carbocycles. The van der Waals surface area contributed by atoms with Crippen LogP contribution in [0, 0.1) is 17.8 Å². The summed E-state index contributed by atoms with van der Waals surface area (Å²) >= 11 is 1.67. The van der Waals surface area contributed by atoms with E-state index in [4.69, 9.17) is 0 Å². The number of rotatable bonds is 11. The van der Waals surface area contributed by atoms with Crippen LogP contribution in [0.2, 0.25) is 0 Å². The Labute approximate surface area is 219 Å². The van der Waals surface area contributed by atoms with Crippen LogP contribution in [0.15, 0.2) is 30.3 Å². The van der Waals surface area contributed by atoms with E-state index >= 15 is 0 Å². The maximum absolute atomic E-state index is 14.1. The van der Waals surface area contributed by atoms with Gasteiger partial charge in [-0.25, -0.2) is 0 Å². The summed E-state index contributed by atoms with van der Waals surface area (Å²) in [4.78, 5) is 43.2. The molecule has 8 atom stereocenters. The Hall–Kier alpha value is -2.06. The quantitative estimate of drug-likeness (QED) is 0.421. The Kier molecular flexibility index (Phi) is 8.35. The number of carbonyl (C=O) groups excluding carboxylic acids is 3. The van der Waals surface area contributed by atoms with Gasteiger partial charge in [-0.2, -0.15) is 0 Å². The van der Waals surface area contributed by atoms with Crippen molar-refractivity contribution in [1.82, 2.24) is 15.5 Å². The van der Waals surface area contributed by atoms with Crippen molar-refractivity contribution in [1.29, 1.82) is 0 Å². The minimum absolute atomic E-state index is 0.000326. The first-order valence-electron chi connectivity index (χ1n) is 13.5. The fourth-order valence-corrected chi connectivity index (χ4v) is 8.80. The zero-order valence-corrected chi connectivity index (χ0v) is 22.7. The van der Waals surface area contributed by atoms with E-state index in [1.165, 1.54) is 0 Å². The molecule has 3 heterocycles. The normalized spacial score (nSPS) is 31.1. The monoisotopic (exact) mass is 515 g/mol. The molecule has 3 unspecified atom stereocenters. The number of hydrogen-bond acceptors (Lipinski definition) is 5. The van der Waals surface area contributed by atoms with Gasteiger partial charge in [0.15, 0.2) is 0 Å². The molecule has 3 N–H and O–H groups in total. The van der Waals surface area contributed by atoms with E-state index in [9.17, 15) is 19.5 Å². The SMILES string of the molecule is CCCC(C)NC(=O)C1N([C@@H](CO)[C@@H](C)CC)C(=O)[C@@H]2[C@H](C(=O)NCc3ccccc3)[C@@H]3CCC12S3. The van der Waals surface area contributed by atoms with E-state index in [0.717, 1.165) is 37.7 Å². The molecule has 0 radical (unpaired) electrons. The van der Waals surface area contributed by atoms with E-state index in [-0.39, 0.29) is 41.5 Å². The van der Waals surface area contributed by atoms with Crippen LogP contribution in [-0.2, 0) is 20.9 Å². The second-order valence-corrected chi connectivity index (χ2v) is 12.4. The van der Waals surface area contributed by atoms with Gasteiger partial charge < -0.3 is 20.6 Å². The molecular formula is C28H41N3O4S. The molecule has 0 saturated carbocycles. The van der Waals surface area contributed by atoms with Crippen molar-refractivity contribution < 1.29 is 19.5 Å². The third-order valence-corrected chi connectivity index (χ3v) is 10.5. The number of hydrogen-bond donors (Lipinski definition) is 3. The first-order valence-corrected chi connectivity index (χ1v) is 14.4. The van der Waals surface area contributed by atoms with Crippen molar-refractivity contribution in [2.75, 3.05) is 6.61 Å². The average molecular weight is 516 g/mol. The Morgan fingerprint density at radius 1 is 1.19 bits per heavy atom. The van der Waals surface area contributed by atoms with Crippen molar-refractivity contribution in [3.05, 3.63) is 35.9 Å². The van der Waals surface area contributed by atoms with Crippen LogP contribution in [0.5, 0.6) is 0 Å². The molecule has 3 saturated heterocycles. The van der Waals surface area contributed by atoms with Crippen molar-refractivity contribution in [2.24, 2.45) is 17.8 Å². The second-order valence-electron chi connectivity index (χ2n) is 10.8. The van der Waals surface area contributed by atoms with Crippen LogP contribution < -0.4 is 10.6 Å². The highest BCUT2D eigenvalue weighted by Gasteiger charge is 2.74. The van der Waals surface area contributed by atoms with E-state index in [2.05, 4.69) is 17.6 Å². The van der Waals surface area contributed by atoms with E-state index in [0.29, 0.717) is 6.54 Å². The number of nitrogens with one attached hydrogen (secondary N) is 2. The van der Waals surface area contributed by atoms with Gasteiger partial charge in [0, 0.05) is 17.8 Å². The van der Waals surface area contributed by atoms with E-state index < -0.39 is 28.7 Å². The molecule has 3 aliphatic rings. The van der Waals surface area contributed by atoms with Crippen molar-refractivity contribution in [2.45, 2.75) is 94.5 Å². The molecule has 7 nitrogen and oxygen atoms in total. The summed E-state index contributed by atoms with van der Waals surface area (Å²) in [7, 11) is 0. The van der Waals surface area contributed by atoms with Gasteiger partial charge in [-0.15, -0.1) is 11.8 Å². The lowest BCUT2D eigenvalue weighted by Gasteiger charge is -2.39. The first-order chi connectivity index (χ1) is 17.3. The standard InChI is InChI=1S/C28H41N3O4S/c1-5-10-18(4)30-26(34)24-28-14-13-21(36-28)22(25(33)29-15-19-11-8-7-9-12-19)23(28)27(35)31(24)20(16-32)17(3)6-2/h7-9,11-12,17-18,20-24,32H,5-6,10,13-16H2,1-4H3,(H,29,33)(H,30,34)/t17-,18?,20-,21-,22+,23-,24?,28?/m0/s1. The maximum Gasteiger partial charge on any atom is 0.244 e. The van der Waals surface area contributed by atoms with Crippen LogP contribution in [0.4, 0.5) is 0 Å². The Bertz CT molecular complexity index is 959. The molecule has 0 aromatic heterocycles. The van der Waals surface area contributed by atoms with Gasteiger partial charge >= 0.3 is 0 Å². The molecule has 3 amide bonds. The summed E-state index contributed by atoms with van der Waals surface area (Å²) in [5, 5.41) is 16.6. The van der Waals surface area contributed by atoms with Gasteiger partial charge in [-0.05, 0) is 37.7 Å². The van der Waals surface area contributed by atoms with Crippen molar-refractivity contribution in [3.63, 3.8) is 0 Å². The number of thioether (sulfide) groups is 1. The van der Waals surface area contributed by atoms with Gasteiger partial charge in [-0.1, -0.05) is 63.9 Å². The Balaban J connectivity index is 1.65. The van der Waals surface area contributed by atoms with Crippen molar-refractivity contribution >= 4 is 29.5 Å². The lowest BCUT2D eigenvalue weighted by atomic mass is 9.70. The number of benzene rings is 1. The predicted molar refractivity (Wildman–Crippen MR) is 142 cm³/mol. The highest BCUT2D eigenvalue weighted by Crippen LogP contribution is 2.66. The number of carbonyl (C=O) groups is 3. The maximum atomic E-state index is 14.1. The summed E-state index contributed by atoms with van der Waals surface area (Å²) in [6.45, 7) is 8.34. The molecule has 1 aromatic rings. The zero-order chi connectivity index (χ0) is 26.0. The lowest BCUT2D eigenvalue weighted by molar-refractivity contribution is -0.144. The fraction of sp³-hybridized carbons (Fsp3) is 0.679. The van der Waals surface area contributed by atoms with Crippen LogP contribution in [0.25, 0.3) is 0 Å². The number of likely N-dealkylation sites (tertiary alicyclic amines) is 1. The fourth-order valence-electron chi connectivity index (χ4n) is 6.59. The summed E-state index contributed by atoms with van der Waals surface area (Å²) in [5.41, 5.74) is 1.01. The van der Waals surface area contributed by atoms with Gasteiger partial charge in [0.05, 0.1) is 29.2 Å². The second kappa shape index (κ2) is 11.1. The molecule has 3 aliphatic heterocycles. The predicted octanol–water partition coefficient (Wildman–Crippen LogP) is 3.11. The Morgan fingerprint density at radius 2 is 1.92 bits per heavy atom. The topological polar surface area (TPSA) is 98.7 Å². The molecule has 8 heteroatoms. The van der Waals surface area contributed by atoms with Gasteiger partial charge in [0.1, 0.15) is 6.04 Å². The number of amides is 3. The lowest BCUT2D eigenvalue weighted by Crippen LogP contribution is -2.58. The highest BCUT2D eigenvalue weighted by molar-refractivity contribution is 8.02. The molecule has 2 bridgehead atoms. The minimum atomic E-state index is -0.678. The minimum Gasteiger partial charge on any atom is -0.394 e. The van der Waals surface area contributed by atoms with Crippen LogP contribution in [0.1, 0.15) is 65.4 Å². The molecule has 36 heavy (non-hydrogen) atoms. The highest BCUT2D eigenvalue weighted by atomic mass is 32.2. The largest absolute Gasteiger partial charge is 0.394 e. The number of nitrogens with zero attached hydrogens (tertiary/aromatic N) is 1. The van der Waals surface area contributed by atoms with Crippen LogP contribution in [0.3, 0.4) is 0 Å². The number of aliphatic hydroxyl groups excluding tert-OH is 1. The summed E-state index contributed by atoms with van der Waals surface area (Å²) in [5.74, 6) is -1.39. The van der Waals surface area contributed by atoms with Crippen LogP contribution >= 0.6 is 11.8 Å². The third-order valence-electron chi connectivity index (χ3n) is 8.55. The zero-order valence-electron chi connectivity index (χ0n) is 21.9. The van der Waals surface area contributed by atoms with E-state index in [1.54, 1.807) is 16.7 Å². The summed E-state index contributed by atoms with van der Waals surface area (Å²) < 4.78 is -0.632. The van der Waals surface area contributed by atoms with Crippen molar-refractivity contribution in [3.8, 4) is 0 Å². The first kappa shape index (κ1) is 27.0. The van der Waals surface area contributed by atoms with Gasteiger partial charge in [0.2, 0.25) is 17.7 Å². The van der Waals surface area contributed by atoms with Gasteiger partial charge in [-0.3, -0.25) is 14.4 Å². The van der Waals surface area contributed by atoms with E-state index in [1.807, 2.05) is 51.1 Å². The van der Waals surface area contributed by atoms with Crippen LogP contribution in [-0.4, -0.2) is 62.5 Å². The molecule has 4 rings (SSSR count). The summed E-state index contributed by atoms with van der Waals surface area (Å²) in [6.07, 6.45) is 4.14. The number of fused-ring (bicyclic) bond motifs is 1. The average Bonchev–Trinajstić information content (AvgIpc) is 3.51. The van der Waals surface area contributed by atoms with Gasteiger partial charge in [0.25, 0.3) is 0 Å². The Morgan fingerprint density at radius 3 is 2.56 bits per heavy atom. The molecular weight excluding hydrogens is 474 g/mol.